The summed E-state index contributed by atoms with van der Waals surface area (Å²) in [5, 5.41) is 10.3. The molecule has 3 heterocycles. The number of aromatic nitrogens is 2. The predicted octanol–water partition coefficient (Wildman–Crippen LogP) is 5.71. The first-order valence-corrected chi connectivity index (χ1v) is 11.1. The summed E-state index contributed by atoms with van der Waals surface area (Å²) < 4.78 is 7.81. The lowest BCUT2D eigenvalue weighted by molar-refractivity contribution is 0.413. The van der Waals surface area contributed by atoms with Crippen LogP contribution in [0, 0.1) is 51.9 Å². The molecule has 5 heteroatoms. The molecule has 0 atom stereocenters. The lowest BCUT2D eigenvalue weighted by Crippen LogP contribution is -2.33. The molecular formula is C26H32N4O. The fourth-order valence-corrected chi connectivity index (χ4v) is 5.09. The Morgan fingerprint density at radius 2 is 1.71 bits per heavy atom. The standard InChI is InChI=1S/C26H32N4O/c1-16-13-22(31-6)14-17(2)25(16)30-20(5)19(4)24-23(15-18(3)28-26(24)30)29-11-8-21(7-10-27)9-12-29/h13-15,21H,7-9,11-12H2,1-6H3. The molecule has 5 nitrogen and oxygen atoms in total. The Morgan fingerprint density at radius 1 is 1.06 bits per heavy atom. The van der Waals surface area contributed by atoms with Crippen LogP contribution in [0.3, 0.4) is 0 Å². The third-order valence-electron chi connectivity index (χ3n) is 6.83. The molecule has 0 aliphatic carbocycles. The Morgan fingerprint density at radius 3 is 2.29 bits per heavy atom. The van der Waals surface area contributed by atoms with Crippen LogP contribution in [0.5, 0.6) is 5.75 Å². The van der Waals surface area contributed by atoms with E-state index in [0.29, 0.717) is 12.3 Å². The monoisotopic (exact) mass is 416 g/mol. The van der Waals surface area contributed by atoms with E-state index in [0.717, 1.165) is 43.0 Å². The van der Waals surface area contributed by atoms with Crippen molar-refractivity contribution in [3.63, 3.8) is 0 Å². The average Bonchev–Trinajstić information content (AvgIpc) is 2.98. The van der Waals surface area contributed by atoms with Gasteiger partial charge >= 0.3 is 0 Å². The summed E-state index contributed by atoms with van der Waals surface area (Å²) in [5.41, 5.74) is 9.40. The molecule has 0 radical (unpaired) electrons. The van der Waals surface area contributed by atoms with E-state index in [2.05, 4.69) is 68.4 Å². The minimum absolute atomic E-state index is 0.525. The number of piperidine rings is 1. The third kappa shape index (κ3) is 3.65. The molecule has 1 aliphatic rings. The summed E-state index contributed by atoms with van der Waals surface area (Å²) in [6.07, 6.45) is 2.82. The van der Waals surface area contributed by atoms with Gasteiger partial charge in [0.15, 0.2) is 0 Å². The van der Waals surface area contributed by atoms with Gasteiger partial charge in [-0.25, -0.2) is 4.98 Å². The molecule has 162 valence electrons. The van der Waals surface area contributed by atoms with Gasteiger partial charge in [-0.05, 0) is 88.3 Å². The largest absolute Gasteiger partial charge is 0.497 e. The molecule has 31 heavy (non-hydrogen) atoms. The topological polar surface area (TPSA) is 54.1 Å². The smallest absolute Gasteiger partial charge is 0.147 e. The zero-order valence-electron chi connectivity index (χ0n) is 19.5. The number of methoxy groups -OCH3 is 1. The SMILES string of the molecule is COc1cc(C)c(-n2c(C)c(C)c3c(N4CCC(CC#N)CC4)cc(C)nc32)c(C)c1. The molecule has 1 fully saturated rings. The van der Waals surface area contributed by atoms with Gasteiger partial charge in [-0.3, -0.25) is 4.57 Å². The van der Waals surface area contributed by atoms with E-state index in [1.165, 1.54) is 39.1 Å². The van der Waals surface area contributed by atoms with Crippen LogP contribution in [0.15, 0.2) is 18.2 Å². The van der Waals surface area contributed by atoms with Gasteiger partial charge in [0, 0.05) is 42.0 Å². The minimum atomic E-state index is 0.525. The number of aryl methyl sites for hydroxylation is 4. The average molecular weight is 417 g/mol. The zero-order chi connectivity index (χ0) is 22.3. The van der Waals surface area contributed by atoms with Gasteiger partial charge in [-0.1, -0.05) is 0 Å². The van der Waals surface area contributed by atoms with Gasteiger partial charge in [0.1, 0.15) is 11.4 Å². The van der Waals surface area contributed by atoms with Crippen LogP contribution < -0.4 is 9.64 Å². The van der Waals surface area contributed by atoms with E-state index in [1.54, 1.807) is 7.11 Å². The van der Waals surface area contributed by atoms with Crippen molar-refractivity contribution < 1.29 is 4.74 Å². The summed E-state index contributed by atoms with van der Waals surface area (Å²) in [4.78, 5) is 7.52. The van der Waals surface area contributed by atoms with Crippen molar-refractivity contribution >= 4 is 16.7 Å². The molecule has 1 aromatic carbocycles. The first-order chi connectivity index (χ1) is 14.8. The fourth-order valence-electron chi connectivity index (χ4n) is 5.09. The van der Waals surface area contributed by atoms with E-state index in [4.69, 9.17) is 15.0 Å². The van der Waals surface area contributed by atoms with Crippen LogP contribution >= 0.6 is 0 Å². The number of anilines is 1. The quantitative estimate of drug-likeness (QED) is 0.547. The van der Waals surface area contributed by atoms with Gasteiger partial charge < -0.3 is 9.64 Å². The van der Waals surface area contributed by atoms with Gasteiger partial charge in [0.25, 0.3) is 0 Å². The van der Waals surface area contributed by atoms with Crippen LogP contribution in [-0.4, -0.2) is 29.8 Å². The first kappa shape index (κ1) is 21.2. The van der Waals surface area contributed by atoms with E-state index in [-0.39, 0.29) is 0 Å². The normalized spacial score (nSPS) is 14.8. The highest BCUT2D eigenvalue weighted by Crippen LogP contribution is 2.38. The second-order valence-corrected chi connectivity index (χ2v) is 8.93. The van der Waals surface area contributed by atoms with Gasteiger partial charge in [0.05, 0.1) is 18.9 Å². The van der Waals surface area contributed by atoms with Gasteiger partial charge in [0.2, 0.25) is 0 Å². The lowest BCUT2D eigenvalue weighted by atomic mass is 9.93. The highest BCUT2D eigenvalue weighted by molar-refractivity contribution is 5.96. The van der Waals surface area contributed by atoms with Crippen LogP contribution in [0.1, 0.15) is 47.3 Å². The summed E-state index contributed by atoms with van der Waals surface area (Å²) >= 11 is 0. The lowest BCUT2D eigenvalue weighted by Gasteiger charge is -2.33. The molecule has 1 aliphatic heterocycles. The molecule has 2 aromatic heterocycles. The number of ether oxygens (including phenoxy) is 1. The Hall–Kier alpha value is -3.00. The second-order valence-electron chi connectivity index (χ2n) is 8.93. The Bertz CT molecular complexity index is 1150. The van der Waals surface area contributed by atoms with E-state index < -0.39 is 0 Å². The summed E-state index contributed by atoms with van der Waals surface area (Å²) in [7, 11) is 1.71. The van der Waals surface area contributed by atoms with Crippen molar-refractivity contribution in [2.45, 2.75) is 53.9 Å². The molecule has 0 bridgehead atoms. The zero-order valence-corrected chi connectivity index (χ0v) is 19.5. The van der Waals surface area contributed by atoms with E-state index >= 15 is 0 Å². The maximum Gasteiger partial charge on any atom is 0.147 e. The highest BCUT2D eigenvalue weighted by atomic mass is 16.5. The number of hydrogen-bond donors (Lipinski definition) is 0. The maximum absolute atomic E-state index is 9.05. The fraction of sp³-hybridized carbons (Fsp3) is 0.462. The number of nitriles is 1. The molecule has 0 unspecified atom stereocenters. The van der Waals surface area contributed by atoms with E-state index in [9.17, 15) is 0 Å². The van der Waals surface area contributed by atoms with Crippen LogP contribution in [0.25, 0.3) is 16.7 Å². The van der Waals surface area contributed by atoms with Crippen molar-refractivity contribution in [1.82, 2.24) is 9.55 Å². The van der Waals surface area contributed by atoms with Crippen LogP contribution in [-0.2, 0) is 0 Å². The van der Waals surface area contributed by atoms with Crippen molar-refractivity contribution in [2.24, 2.45) is 5.92 Å². The second kappa shape index (κ2) is 8.26. The Labute approximate surface area is 185 Å². The number of nitrogens with zero attached hydrogens (tertiary/aromatic N) is 4. The Balaban J connectivity index is 1.88. The van der Waals surface area contributed by atoms with E-state index in [1.807, 2.05) is 0 Å². The highest BCUT2D eigenvalue weighted by Gasteiger charge is 2.25. The van der Waals surface area contributed by atoms with Gasteiger partial charge in [-0.15, -0.1) is 0 Å². The van der Waals surface area contributed by atoms with Crippen molar-refractivity contribution in [1.29, 1.82) is 5.26 Å². The molecule has 0 spiro atoms. The molecule has 3 aromatic rings. The van der Waals surface area contributed by atoms with Gasteiger partial charge in [-0.2, -0.15) is 5.26 Å². The molecule has 0 amide bonds. The van der Waals surface area contributed by atoms with Crippen molar-refractivity contribution in [3.8, 4) is 17.5 Å². The van der Waals surface area contributed by atoms with Crippen molar-refractivity contribution in [2.75, 3.05) is 25.1 Å². The van der Waals surface area contributed by atoms with Crippen molar-refractivity contribution in [3.05, 3.63) is 46.3 Å². The summed E-state index contributed by atoms with van der Waals surface area (Å²) in [6, 6.07) is 8.77. The molecule has 4 rings (SSSR count). The number of pyridine rings is 1. The molecule has 0 saturated carbocycles. The number of benzene rings is 1. The number of rotatable bonds is 4. The maximum atomic E-state index is 9.05. The predicted molar refractivity (Wildman–Crippen MR) is 126 cm³/mol. The number of hydrogen-bond acceptors (Lipinski definition) is 4. The van der Waals surface area contributed by atoms with Crippen LogP contribution in [0.2, 0.25) is 0 Å². The minimum Gasteiger partial charge on any atom is -0.497 e. The Kier molecular flexibility index (Phi) is 5.66. The number of fused-ring (bicyclic) bond motifs is 1. The molecular weight excluding hydrogens is 384 g/mol. The summed E-state index contributed by atoms with van der Waals surface area (Å²) in [5.74, 6) is 1.41. The molecule has 1 saturated heterocycles. The molecule has 0 N–H and O–H groups in total. The first-order valence-electron chi connectivity index (χ1n) is 11.1. The summed E-state index contributed by atoms with van der Waals surface area (Å²) in [6.45, 7) is 12.8. The third-order valence-corrected chi connectivity index (χ3v) is 6.83. The van der Waals surface area contributed by atoms with Crippen LogP contribution in [0.4, 0.5) is 5.69 Å².